The van der Waals surface area contributed by atoms with E-state index in [1.54, 1.807) is 14.2 Å². The highest BCUT2D eigenvalue weighted by Gasteiger charge is 2.33. The third kappa shape index (κ3) is 9.89. The topological polar surface area (TPSA) is 118 Å². The molecule has 0 bridgehead atoms. The number of carbonyl (C=O) groups is 2. The predicted octanol–water partition coefficient (Wildman–Crippen LogP) is 2.01. The molecular formula is C22H42N2O8. The predicted molar refractivity (Wildman–Crippen MR) is 118 cm³/mol. The molecule has 32 heavy (non-hydrogen) atoms. The summed E-state index contributed by atoms with van der Waals surface area (Å²) in [5.41, 5.74) is -1.000. The van der Waals surface area contributed by atoms with Crippen LogP contribution in [0.2, 0.25) is 0 Å². The number of hydrogen-bond donors (Lipinski definition) is 2. The summed E-state index contributed by atoms with van der Waals surface area (Å²) >= 11 is 0. The number of rotatable bonds is 2. The van der Waals surface area contributed by atoms with Gasteiger partial charge in [-0.25, -0.2) is 9.59 Å². The molecule has 0 aromatic heterocycles. The Labute approximate surface area is 191 Å². The number of ether oxygens (including phenoxy) is 4. The van der Waals surface area contributed by atoms with Gasteiger partial charge in [0.15, 0.2) is 0 Å². The van der Waals surface area contributed by atoms with Gasteiger partial charge in [0.2, 0.25) is 0 Å². The normalized spacial score (nSPS) is 26.7. The van der Waals surface area contributed by atoms with Crippen molar-refractivity contribution in [3.63, 3.8) is 0 Å². The van der Waals surface area contributed by atoms with E-state index >= 15 is 0 Å². The minimum Gasteiger partial charge on any atom is -0.444 e. The Bertz CT molecular complexity index is 550. The molecule has 0 aromatic rings. The zero-order valence-corrected chi connectivity index (χ0v) is 20.8. The first kappa shape index (κ1) is 28.4. The summed E-state index contributed by atoms with van der Waals surface area (Å²) in [5.74, 6) is 0. The number of likely N-dealkylation sites (tertiary alicyclic amines) is 2. The molecule has 2 fully saturated rings. The van der Waals surface area contributed by atoms with Gasteiger partial charge in [0, 0.05) is 27.3 Å². The fraction of sp³-hybridized carbons (Fsp3) is 0.909. The number of hydrogen-bond acceptors (Lipinski definition) is 8. The monoisotopic (exact) mass is 462 g/mol. The maximum absolute atomic E-state index is 11.7. The van der Waals surface area contributed by atoms with Gasteiger partial charge in [0.05, 0.1) is 37.5 Å². The summed E-state index contributed by atoms with van der Waals surface area (Å²) in [6.45, 7) is 12.6. The van der Waals surface area contributed by atoms with Crippen LogP contribution in [-0.4, -0.2) is 108 Å². The lowest BCUT2D eigenvalue weighted by Gasteiger charge is -2.35. The van der Waals surface area contributed by atoms with Crippen LogP contribution in [0.4, 0.5) is 9.59 Å². The number of aliphatic hydroxyl groups is 2. The van der Waals surface area contributed by atoms with E-state index in [4.69, 9.17) is 18.9 Å². The van der Waals surface area contributed by atoms with Gasteiger partial charge >= 0.3 is 12.2 Å². The minimum atomic E-state index is -0.633. The molecular weight excluding hydrogens is 420 g/mol. The van der Waals surface area contributed by atoms with Crippen molar-refractivity contribution >= 4 is 12.2 Å². The summed E-state index contributed by atoms with van der Waals surface area (Å²) < 4.78 is 20.7. The van der Waals surface area contributed by atoms with Crippen LogP contribution in [0.3, 0.4) is 0 Å². The molecule has 0 spiro atoms. The lowest BCUT2D eigenvalue weighted by molar-refractivity contribution is -0.0640. The van der Waals surface area contributed by atoms with Crippen molar-refractivity contribution in [2.45, 2.75) is 90.0 Å². The van der Waals surface area contributed by atoms with Gasteiger partial charge in [-0.2, -0.15) is 0 Å². The minimum absolute atomic E-state index is 0.182. The largest absolute Gasteiger partial charge is 0.444 e. The van der Waals surface area contributed by atoms with E-state index in [-0.39, 0.29) is 37.5 Å². The van der Waals surface area contributed by atoms with Gasteiger partial charge in [-0.1, -0.05) is 0 Å². The molecule has 0 saturated carbocycles. The van der Waals surface area contributed by atoms with Gasteiger partial charge < -0.3 is 39.0 Å². The van der Waals surface area contributed by atoms with Crippen LogP contribution in [0.25, 0.3) is 0 Å². The molecule has 188 valence electrons. The first-order valence-corrected chi connectivity index (χ1v) is 11.0. The van der Waals surface area contributed by atoms with Crippen molar-refractivity contribution in [3.8, 4) is 0 Å². The highest BCUT2D eigenvalue weighted by Crippen LogP contribution is 2.18. The Morgan fingerprint density at radius 2 is 1.03 bits per heavy atom. The summed E-state index contributed by atoms with van der Waals surface area (Å²) in [6, 6.07) is 0. The third-order valence-electron chi connectivity index (χ3n) is 4.95. The van der Waals surface area contributed by atoms with Crippen molar-refractivity contribution in [2.24, 2.45) is 0 Å². The van der Waals surface area contributed by atoms with Crippen molar-refractivity contribution in [1.82, 2.24) is 9.80 Å². The van der Waals surface area contributed by atoms with Crippen LogP contribution in [0.1, 0.15) is 54.4 Å². The van der Waals surface area contributed by atoms with E-state index in [0.717, 1.165) is 0 Å². The highest BCUT2D eigenvalue weighted by atomic mass is 16.6. The van der Waals surface area contributed by atoms with E-state index in [2.05, 4.69) is 0 Å². The number of β-amino-alcohol motifs (C(OH)–C–C–N with tert-alkyl or cyclic N) is 2. The lowest BCUT2D eigenvalue weighted by Crippen LogP contribution is -2.50. The molecule has 2 rings (SSSR count). The van der Waals surface area contributed by atoms with E-state index in [9.17, 15) is 19.8 Å². The second-order valence-electron chi connectivity index (χ2n) is 10.1. The van der Waals surface area contributed by atoms with E-state index < -0.39 is 23.4 Å². The maximum Gasteiger partial charge on any atom is 0.410 e. The number of nitrogens with zero attached hydrogens (tertiary/aromatic N) is 2. The van der Waals surface area contributed by atoms with Crippen molar-refractivity contribution in [1.29, 1.82) is 0 Å². The SMILES string of the molecule is CO[C@@H]1CCN(C(=O)OC(C)(C)C)C[C@@H]1O.CO[C@H]1CCN(C(=O)OC(C)(C)C)C[C@H]1O. The van der Waals surface area contributed by atoms with Crippen molar-refractivity contribution < 1.29 is 38.7 Å². The second-order valence-corrected chi connectivity index (χ2v) is 10.1. The number of methoxy groups -OCH3 is 2. The molecule has 2 N–H and O–H groups in total. The first-order chi connectivity index (χ1) is 14.7. The zero-order valence-electron chi connectivity index (χ0n) is 20.8. The van der Waals surface area contributed by atoms with Gasteiger partial charge in [0.1, 0.15) is 11.2 Å². The number of piperidine rings is 2. The lowest BCUT2D eigenvalue weighted by atomic mass is 10.1. The van der Waals surface area contributed by atoms with Gasteiger partial charge in [0.25, 0.3) is 0 Å². The van der Waals surface area contributed by atoms with E-state index in [1.807, 2.05) is 41.5 Å². The van der Waals surface area contributed by atoms with Crippen LogP contribution in [0.5, 0.6) is 0 Å². The smallest absolute Gasteiger partial charge is 0.410 e. The molecule has 0 unspecified atom stereocenters. The van der Waals surface area contributed by atoms with Crippen LogP contribution < -0.4 is 0 Å². The molecule has 2 saturated heterocycles. The molecule has 2 aliphatic heterocycles. The van der Waals surface area contributed by atoms with Crippen LogP contribution in [0, 0.1) is 0 Å². The Kier molecular flexibility index (Phi) is 10.7. The average molecular weight is 463 g/mol. The van der Waals surface area contributed by atoms with Crippen LogP contribution in [0.15, 0.2) is 0 Å². The Morgan fingerprint density at radius 3 is 1.25 bits per heavy atom. The Balaban J connectivity index is 0.000000320. The van der Waals surface area contributed by atoms with Gasteiger partial charge in [-0.05, 0) is 54.4 Å². The van der Waals surface area contributed by atoms with E-state index in [1.165, 1.54) is 9.80 Å². The quantitative estimate of drug-likeness (QED) is 0.640. The molecule has 4 atom stereocenters. The molecule has 2 aliphatic rings. The molecule has 0 aromatic carbocycles. The summed E-state index contributed by atoms with van der Waals surface area (Å²) in [7, 11) is 3.13. The van der Waals surface area contributed by atoms with Crippen LogP contribution in [-0.2, 0) is 18.9 Å². The zero-order chi connectivity index (χ0) is 24.7. The average Bonchev–Trinajstić information content (AvgIpc) is 2.65. The molecule has 10 nitrogen and oxygen atoms in total. The summed E-state index contributed by atoms with van der Waals surface area (Å²) in [6.07, 6.45) is -1.11. The second kappa shape index (κ2) is 12.0. The van der Waals surface area contributed by atoms with Gasteiger partial charge in [-0.15, -0.1) is 0 Å². The highest BCUT2D eigenvalue weighted by molar-refractivity contribution is 5.68. The fourth-order valence-electron chi connectivity index (χ4n) is 3.35. The molecule has 0 aliphatic carbocycles. The number of amides is 2. The Hall–Kier alpha value is -1.62. The molecule has 2 amide bonds. The first-order valence-electron chi connectivity index (χ1n) is 11.0. The van der Waals surface area contributed by atoms with Crippen LogP contribution >= 0.6 is 0 Å². The standard InChI is InChI=1S/2C11H21NO4/c2*1-11(2,3)16-10(14)12-6-5-9(15-4)8(13)7-12/h2*8-9,13H,5-7H2,1-4H3/t2*8-,9+/m10/s1. The maximum atomic E-state index is 11.7. The van der Waals surface area contributed by atoms with E-state index in [0.29, 0.717) is 25.9 Å². The van der Waals surface area contributed by atoms with Crippen molar-refractivity contribution in [2.75, 3.05) is 40.4 Å². The number of aliphatic hydroxyl groups excluding tert-OH is 2. The van der Waals surface area contributed by atoms with Crippen molar-refractivity contribution in [3.05, 3.63) is 0 Å². The number of carbonyl (C=O) groups excluding carboxylic acids is 2. The summed E-state index contributed by atoms with van der Waals surface area (Å²) in [4.78, 5) is 26.5. The Morgan fingerprint density at radius 1 is 0.719 bits per heavy atom. The molecule has 10 heteroatoms. The summed E-state index contributed by atoms with van der Waals surface area (Å²) in [5, 5.41) is 19.4. The molecule has 2 heterocycles. The molecule has 0 radical (unpaired) electrons. The fourth-order valence-corrected chi connectivity index (χ4v) is 3.35. The third-order valence-corrected chi connectivity index (χ3v) is 4.95. The van der Waals surface area contributed by atoms with Gasteiger partial charge in [-0.3, -0.25) is 0 Å².